The lowest BCUT2D eigenvalue weighted by atomic mass is 10.3. The van der Waals surface area contributed by atoms with Crippen molar-refractivity contribution in [3.05, 3.63) is 33.0 Å². The Labute approximate surface area is 108 Å². The van der Waals surface area contributed by atoms with Gasteiger partial charge in [-0.15, -0.1) is 22.7 Å². The number of thiazole rings is 1. The van der Waals surface area contributed by atoms with E-state index in [1.807, 2.05) is 0 Å². The molecule has 0 aliphatic heterocycles. The number of hydrogen-bond donors (Lipinski definition) is 1. The lowest BCUT2D eigenvalue weighted by Crippen LogP contribution is -2.12. The van der Waals surface area contributed by atoms with E-state index in [-0.39, 0.29) is 5.13 Å². The molecule has 18 heavy (non-hydrogen) atoms. The van der Waals surface area contributed by atoms with Gasteiger partial charge >= 0.3 is 6.18 Å². The number of rotatable bonds is 2. The van der Waals surface area contributed by atoms with Crippen molar-refractivity contribution >= 4 is 33.7 Å². The third kappa shape index (κ3) is 2.70. The van der Waals surface area contributed by atoms with Crippen molar-refractivity contribution in [2.75, 3.05) is 5.32 Å². The number of halogens is 3. The molecular weight excluding hydrogens is 285 g/mol. The predicted molar refractivity (Wildman–Crippen MR) is 64.1 cm³/mol. The van der Waals surface area contributed by atoms with Crippen LogP contribution >= 0.6 is 22.7 Å². The minimum atomic E-state index is -4.49. The van der Waals surface area contributed by atoms with E-state index in [4.69, 9.17) is 0 Å². The van der Waals surface area contributed by atoms with E-state index >= 15 is 0 Å². The minimum absolute atomic E-state index is 0.0554. The second kappa shape index (κ2) is 4.69. The van der Waals surface area contributed by atoms with Crippen LogP contribution in [0.4, 0.5) is 18.3 Å². The molecule has 0 fully saturated rings. The predicted octanol–water partition coefficient (Wildman–Crippen LogP) is 3.78. The van der Waals surface area contributed by atoms with E-state index in [0.29, 0.717) is 4.88 Å². The van der Waals surface area contributed by atoms with Crippen LogP contribution in [0.15, 0.2) is 16.8 Å². The molecule has 0 unspecified atom stereocenters. The summed E-state index contributed by atoms with van der Waals surface area (Å²) in [5, 5.41) is 4.92. The molecule has 2 heterocycles. The number of alkyl halides is 3. The number of carbonyl (C=O) groups excluding carboxylic acids is 1. The Hall–Kier alpha value is -1.41. The molecule has 0 aliphatic rings. The van der Waals surface area contributed by atoms with Crippen molar-refractivity contribution in [3.8, 4) is 0 Å². The molecule has 2 aromatic heterocycles. The maximum atomic E-state index is 12.3. The normalized spacial score (nSPS) is 11.6. The number of aromatic nitrogens is 1. The maximum Gasteiger partial charge on any atom is 0.434 e. The number of hydrogen-bond acceptors (Lipinski definition) is 4. The zero-order chi connectivity index (χ0) is 13.3. The fraction of sp³-hybridized carbons (Fsp3) is 0.200. The number of anilines is 1. The second-order valence-corrected chi connectivity index (χ2v) is 5.20. The van der Waals surface area contributed by atoms with Crippen LogP contribution in [0.25, 0.3) is 0 Å². The van der Waals surface area contributed by atoms with Gasteiger partial charge in [-0.05, 0) is 23.9 Å². The summed E-state index contributed by atoms with van der Waals surface area (Å²) in [7, 11) is 0. The number of nitrogens with zero attached hydrogens (tertiary/aromatic N) is 1. The molecule has 0 bridgehead atoms. The molecule has 0 atom stereocenters. The summed E-state index contributed by atoms with van der Waals surface area (Å²) in [5.74, 6) is -0.439. The van der Waals surface area contributed by atoms with E-state index in [1.165, 1.54) is 11.3 Å². The molecule has 0 radical (unpaired) electrons. The van der Waals surface area contributed by atoms with E-state index < -0.39 is 17.8 Å². The minimum Gasteiger partial charge on any atom is -0.297 e. The first-order valence-electron chi connectivity index (χ1n) is 4.76. The molecule has 96 valence electrons. The summed E-state index contributed by atoms with van der Waals surface area (Å²) in [4.78, 5) is 15.5. The number of amides is 1. The Bertz CT molecular complexity index is 574. The molecule has 0 aliphatic carbocycles. The number of thiophene rings is 1. The van der Waals surface area contributed by atoms with Crippen LogP contribution in [0.5, 0.6) is 0 Å². The fourth-order valence-electron chi connectivity index (χ4n) is 1.22. The lowest BCUT2D eigenvalue weighted by Gasteiger charge is -2.01. The number of carbonyl (C=O) groups is 1. The monoisotopic (exact) mass is 292 g/mol. The summed E-state index contributed by atoms with van der Waals surface area (Å²) < 4.78 is 36.9. The molecule has 0 aromatic carbocycles. The van der Waals surface area contributed by atoms with Gasteiger partial charge in [0, 0.05) is 5.38 Å². The van der Waals surface area contributed by atoms with Crippen molar-refractivity contribution in [3.63, 3.8) is 0 Å². The molecule has 2 aromatic rings. The van der Waals surface area contributed by atoms with Gasteiger partial charge in [0.15, 0.2) is 10.8 Å². The summed E-state index contributed by atoms with van der Waals surface area (Å²) in [6.07, 6.45) is -4.49. The summed E-state index contributed by atoms with van der Waals surface area (Å²) in [6.45, 7) is 1.76. The van der Waals surface area contributed by atoms with Crippen LogP contribution in [-0.4, -0.2) is 10.9 Å². The molecule has 0 saturated heterocycles. The standard InChI is InChI=1S/C10H7F3N2OS2/c1-5-2-3-17-7(5)8(16)15-9-14-6(4-18-9)10(11,12)13/h2-4H,1H3,(H,14,15,16). The molecule has 1 N–H and O–H groups in total. The highest BCUT2D eigenvalue weighted by Crippen LogP contribution is 2.31. The van der Waals surface area contributed by atoms with Crippen molar-refractivity contribution in [2.24, 2.45) is 0 Å². The van der Waals surface area contributed by atoms with E-state index in [2.05, 4.69) is 10.3 Å². The van der Waals surface area contributed by atoms with Gasteiger partial charge in [-0.2, -0.15) is 13.2 Å². The molecule has 8 heteroatoms. The van der Waals surface area contributed by atoms with Crippen LogP contribution < -0.4 is 5.32 Å². The largest absolute Gasteiger partial charge is 0.434 e. The third-order valence-electron chi connectivity index (χ3n) is 2.08. The summed E-state index contributed by atoms with van der Waals surface area (Å²) in [6, 6.07) is 1.77. The SMILES string of the molecule is Cc1ccsc1C(=O)Nc1nc(C(F)(F)F)cs1. The van der Waals surface area contributed by atoms with Gasteiger partial charge in [0.2, 0.25) is 0 Å². The Morgan fingerprint density at radius 1 is 1.39 bits per heavy atom. The van der Waals surface area contributed by atoms with Crippen LogP contribution in [0.2, 0.25) is 0 Å². The van der Waals surface area contributed by atoms with Crippen LogP contribution in [0, 0.1) is 6.92 Å². The zero-order valence-electron chi connectivity index (χ0n) is 9.04. The molecule has 0 saturated carbocycles. The van der Waals surface area contributed by atoms with Crippen molar-refractivity contribution in [1.82, 2.24) is 4.98 Å². The van der Waals surface area contributed by atoms with Crippen molar-refractivity contribution < 1.29 is 18.0 Å². The fourth-order valence-corrected chi connectivity index (χ4v) is 2.75. The van der Waals surface area contributed by atoms with Gasteiger partial charge in [0.05, 0.1) is 4.88 Å². The molecule has 3 nitrogen and oxygen atoms in total. The van der Waals surface area contributed by atoms with Gasteiger partial charge in [-0.3, -0.25) is 10.1 Å². The molecule has 0 spiro atoms. The molecule has 1 amide bonds. The van der Waals surface area contributed by atoms with Gasteiger partial charge in [-0.25, -0.2) is 4.98 Å². The van der Waals surface area contributed by atoms with Crippen molar-refractivity contribution in [1.29, 1.82) is 0 Å². The highest BCUT2D eigenvalue weighted by Gasteiger charge is 2.33. The first-order valence-corrected chi connectivity index (χ1v) is 6.52. The van der Waals surface area contributed by atoms with Crippen LogP contribution in [0.1, 0.15) is 20.9 Å². The van der Waals surface area contributed by atoms with Gasteiger partial charge in [0.25, 0.3) is 5.91 Å². The summed E-state index contributed by atoms with van der Waals surface area (Å²) in [5.41, 5.74) is -0.212. The number of aryl methyl sites for hydroxylation is 1. The van der Waals surface area contributed by atoms with Gasteiger partial charge in [0.1, 0.15) is 0 Å². The van der Waals surface area contributed by atoms with Gasteiger partial charge in [-0.1, -0.05) is 0 Å². The maximum absolute atomic E-state index is 12.3. The molecular formula is C10H7F3N2OS2. The van der Waals surface area contributed by atoms with E-state index in [1.54, 1.807) is 18.4 Å². The zero-order valence-corrected chi connectivity index (χ0v) is 10.7. The van der Waals surface area contributed by atoms with Crippen LogP contribution in [0.3, 0.4) is 0 Å². The highest BCUT2D eigenvalue weighted by molar-refractivity contribution is 7.14. The van der Waals surface area contributed by atoms with Crippen molar-refractivity contribution in [2.45, 2.75) is 13.1 Å². The smallest absolute Gasteiger partial charge is 0.297 e. The summed E-state index contributed by atoms with van der Waals surface area (Å²) >= 11 is 1.98. The first-order chi connectivity index (χ1) is 8.38. The Kier molecular flexibility index (Phi) is 3.40. The van der Waals surface area contributed by atoms with Gasteiger partial charge < -0.3 is 0 Å². The Morgan fingerprint density at radius 2 is 2.11 bits per heavy atom. The third-order valence-corrected chi connectivity index (χ3v) is 3.86. The average Bonchev–Trinajstić information content (AvgIpc) is 2.85. The number of nitrogens with one attached hydrogen (secondary N) is 1. The quantitative estimate of drug-likeness (QED) is 0.915. The first kappa shape index (κ1) is 13.0. The van der Waals surface area contributed by atoms with E-state index in [9.17, 15) is 18.0 Å². The molecule has 2 rings (SSSR count). The Morgan fingerprint density at radius 3 is 2.61 bits per heavy atom. The lowest BCUT2D eigenvalue weighted by molar-refractivity contribution is -0.140. The average molecular weight is 292 g/mol. The van der Waals surface area contributed by atoms with Crippen LogP contribution in [-0.2, 0) is 6.18 Å². The second-order valence-electron chi connectivity index (χ2n) is 3.42. The Balaban J connectivity index is 2.13. The topological polar surface area (TPSA) is 42.0 Å². The van der Waals surface area contributed by atoms with E-state index in [0.717, 1.165) is 22.3 Å². The highest BCUT2D eigenvalue weighted by atomic mass is 32.1.